The molecule has 0 saturated carbocycles. The molecule has 3 N–H and O–H groups in total. The van der Waals surface area contributed by atoms with Gasteiger partial charge in [0.05, 0.1) is 26.4 Å². The lowest BCUT2D eigenvalue weighted by Gasteiger charge is -2.21. The second kappa shape index (κ2) is 66.6. The van der Waals surface area contributed by atoms with Crippen molar-refractivity contribution in [3.63, 3.8) is 0 Å². The Morgan fingerprint density at radius 1 is 0.305 bits per heavy atom. The fourth-order valence-corrected chi connectivity index (χ4v) is 13.1. The van der Waals surface area contributed by atoms with Crippen LogP contribution in [0.2, 0.25) is 0 Å². The van der Waals surface area contributed by atoms with Gasteiger partial charge < -0.3 is 33.8 Å². The summed E-state index contributed by atoms with van der Waals surface area (Å²) in [5, 5.41) is 10.6. The molecule has 0 radical (unpaired) electrons. The molecule has 0 aliphatic rings. The number of carbonyl (C=O) groups excluding carboxylic acids is 4. The first-order valence-electron chi connectivity index (χ1n) is 39.4. The molecule has 0 saturated heterocycles. The van der Waals surface area contributed by atoms with Crippen molar-refractivity contribution >= 4 is 39.5 Å². The third-order valence-corrected chi connectivity index (χ3v) is 20.3. The van der Waals surface area contributed by atoms with Crippen molar-refractivity contribution in [2.75, 3.05) is 39.6 Å². The van der Waals surface area contributed by atoms with Gasteiger partial charge in [0.25, 0.3) is 0 Å². The van der Waals surface area contributed by atoms with E-state index in [1.54, 1.807) is 0 Å². The molecule has 0 rings (SSSR count). The van der Waals surface area contributed by atoms with E-state index in [4.69, 9.17) is 37.0 Å². The molecule has 19 heteroatoms. The Morgan fingerprint density at radius 3 is 0.800 bits per heavy atom. The highest BCUT2D eigenvalue weighted by Gasteiger charge is 2.30. The average Bonchev–Trinajstić information content (AvgIpc) is 2.50. The van der Waals surface area contributed by atoms with Crippen LogP contribution >= 0.6 is 15.6 Å². The Bertz CT molecular complexity index is 1860. The molecule has 564 valence electrons. The SMILES string of the molecule is CCCCCCCCCCCCC(=O)OC[C@H](COP(=O)(O)OC[C@H](O)COP(=O)(O)OC[C@@H](COC(=O)CCCCCCCCCCCCC(C)CC)OC(=O)CCCCCCCCCCCCCCCCC(C)CC)OC(=O)CCCCCCCCCCCCC(C)C. The van der Waals surface area contributed by atoms with Gasteiger partial charge in [-0.15, -0.1) is 0 Å². The Labute approximate surface area is 581 Å². The highest BCUT2D eigenvalue weighted by atomic mass is 31.2. The van der Waals surface area contributed by atoms with E-state index in [1.165, 1.54) is 199 Å². The monoisotopic (exact) mass is 1400 g/mol. The molecule has 95 heavy (non-hydrogen) atoms. The minimum Gasteiger partial charge on any atom is -0.462 e. The maximum atomic E-state index is 13.1. The van der Waals surface area contributed by atoms with Gasteiger partial charge in [0.1, 0.15) is 19.3 Å². The van der Waals surface area contributed by atoms with Crippen LogP contribution in [0.3, 0.4) is 0 Å². The second-order valence-corrected chi connectivity index (χ2v) is 31.3. The van der Waals surface area contributed by atoms with E-state index >= 15 is 0 Å². The average molecular weight is 1400 g/mol. The summed E-state index contributed by atoms with van der Waals surface area (Å²) in [6.07, 6.45) is 52.5. The van der Waals surface area contributed by atoms with Crippen LogP contribution in [0.25, 0.3) is 0 Å². The first kappa shape index (κ1) is 93.1. The van der Waals surface area contributed by atoms with E-state index < -0.39 is 97.5 Å². The number of phosphoric acid groups is 2. The maximum Gasteiger partial charge on any atom is 0.472 e. The van der Waals surface area contributed by atoms with Crippen molar-refractivity contribution in [2.45, 2.75) is 407 Å². The Kier molecular flexibility index (Phi) is 65.2. The van der Waals surface area contributed by atoms with E-state index in [1.807, 2.05) is 0 Å². The molecule has 0 aliphatic carbocycles. The zero-order valence-corrected chi connectivity index (χ0v) is 63.9. The fourth-order valence-electron chi connectivity index (χ4n) is 11.5. The lowest BCUT2D eigenvalue weighted by atomic mass is 9.99. The molecule has 0 aromatic carbocycles. The topological polar surface area (TPSA) is 237 Å². The third kappa shape index (κ3) is 67.6. The Balaban J connectivity index is 5.25. The Morgan fingerprint density at radius 2 is 0.537 bits per heavy atom. The molecule has 7 atom stereocenters. The predicted octanol–water partition coefficient (Wildman–Crippen LogP) is 22.2. The van der Waals surface area contributed by atoms with Crippen LogP contribution < -0.4 is 0 Å². The summed E-state index contributed by atoms with van der Waals surface area (Å²) in [7, 11) is -9.91. The van der Waals surface area contributed by atoms with Gasteiger partial charge in [-0.3, -0.25) is 37.3 Å². The normalized spacial score (nSPS) is 14.6. The van der Waals surface area contributed by atoms with E-state index in [0.29, 0.717) is 25.7 Å². The van der Waals surface area contributed by atoms with Gasteiger partial charge in [-0.1, -0.05) is 337 Å². The first-order chi connectivity index (χ1) is 45.8. The van der Waals surface area contributed by atoms with E-state index in [0.717, 1.165) is 108 Å². The van der Waals surface area contributed by atoms with Gasteiger partial charge in [-0.05, 0) is 43.4 Å². The van der Waals surface area contributed by atoms with Crippen LogP contribution in [0, 0.1) is 17.8 Å². The number of esters is 4. The van der Waals surface area contributed by atoms with Crippen molar-refractivity contribution in [1.29, 1.82) is 0 Å². The Hall–Kier alpha value is -1.94. The molecule has 0 aromatic heterocycles. The number of aliphatic hydroxyl groups is 1. The van der Waals surface area contributed by atoms with Gasteiger partial charge in [-0.2, -0.15) is 0 Å². The second-order valence-electron chi connectivity index (χ2n) is 28.4. The first-order valence-corrected chi connectivity index (χ1v) is 42.4. The number of phosphoric ester groups is 2. The molecule has 0 heterocycles. The molecule has 17 nitrogen and oxygen atoms in total. The molecule has 4 unspecified atom stereocenters. The van der Waals surface area contributed by atoms with Crippen LogP contribution in [0.4, 0.5) is 0 Å². The molecule has 0 aliphatic heterocycles. The quantitative estimate of drug-likeness (QED) is 0.0222. The summed E-state index contributed by atoms with van der Waals surface area (Å²) in [5.74, 6) is 0.290. The fraction of sp³-hybridized carbons (Fsp3) is 0.947. The number of hydrogen-bond donors (Lipinski definition) is 3. The largest absolute Gasteiger partial charge is 0.472 e. The van der Waals surface area contributed by atoms with Gasteiger partial charge in [0, 0.05) is 25.7 Å². The molecule has 0 amide bonds. The molecule has 0 aromatic rings. The zero-order valence-electron chi connectivity index (χ0n) is 62.1. The number of aliphatic hydroxyl groups excluding tert-OH is 1. The van der Waals surface area contributed by atoms with E-state index in [-0.39, 0.29) is 25.7 Å². The van der Waals surface area contributed by atoms with Crippen LogP contribution in [0.15, 0.2) is 0 Å². The predicted molar refractivity (Wildman–Crippen MR) is 386 cm³/mol. The van der Waals surface area contributed by atoms with Crippen molar-refractivity contribution in [2.24, 2.45) is 17.8 Å². The number of rotatable bonds is 74. The molecule has 0 fully saturated rings. The van der Waals surface area contributed by atoms with Crippen LogP contribution in [-0.4, -0.2) is 96.7 Å². The van der Waals surface area contributed by atoms with Gasteiger partial charge in [0.15, 0.2) is 12.2 Å². The molecule has 0 spiro atoms. The number of ether oxygens (including phenoxy) is 4. The van der Waals surface area contributed by atoms with Crippen molar-refractivity contribution < 1.29 is 80.2 Å². The number of unbranched alkanes of at least 4 members (excludes halogenated alkanes) is 40. The minimum atomic E-state index is -4.96. The molecular weight excluding hydrogens is 1250 g/mol. The summed E-state index contributed by atoms with van der Waals surface area (Å²) in [6.45, 7) is 12.0. The molecule has 0 bridgehead atoms. The highest BCUT2D eigenvalue weighted by molar-refractivity contribution is 7.47. The summed E-state index contributed by atoms with van der Waals surface area (Å²) >= 11 is 0. The summed E-state index contributed by atoms with van der Waals surface area (Å²) in [5.41, 5.74) is 0. The maximum absolute atomic E-state index is 13.1. The lowest BCUT2D eigenvalue weighted by molar-refractivity contribution is -0.161. The van der Waals surface area contributed by atoms with Crippen LogP contribution in [0.1, 0.15) is 389 Å². The zero-order chi connectivity index (χ0) is 70.1. The van der Waals surface area contributed by atoms with Crippen molar-refractivity contribution in [3.8, 4) is 0 Å². The van der Waals surface area contributed by atoms with Crippen LogP contribution in [0.5, 0.6) is 0 Å². The smallest absolute Gasteiger partial charge is 0.462 e. The standard InChI is InChI=1S/C76H148O17P2/c1-8-11-12-13-14-15-29-36-43-50-57-73(78)86-63-71(93-76(81)60-53-46-39-32-24-22-26-33-40-47-54-67(4)5)65-90-94(82,83)88-61-70(77)62-89-95(84,85)91-66-72(64-87-74(79)58-51-44-37-30-25-23-28-35-42-49-56-69(7)10-3)92-75(80)59-52-45-38-31-21-19-17-16-18-20-27-34-41-48-55-68(6)9-2/h67-72,77H,8-66H2,1-7H3,(H,82,83)(H,84,85)/t68?,69?,70-,71+,72+/m0/s1. The summed E-state index contributed by atoms with van der Waals surface area (Å²) < 4.78 is 68.5. The third-order valence-electron chi connectivity index (χ3n) is 18.4. The van der Waals surface area contributed by atoms with E-state index in [9.17, 15) is 43.2 Å². The summed E-state index contributed by atoms with van der Waals surface area (Å²) in [6, 6.07) is 0. The lowest BCUT2D eigenvalue weighted by Crippen LogP contribution is -2.30. The van der Waals surface area contributed by atoms with Crippen molar-refractivity contribution in [1.82, 2.24) is 0 Å². The van der Waals surface area contributed by atoms with Crippen LogP contribution in [-0.2, 0) is 65.4 Å². The highest BCUT2D eigenvalue weighted by Crippen LogP contribution is 2.45. The number of carbonyl (C=O) groups is 4. The van der Waals surface area contributed by atoms with Crippen molar-refractivity contribution in [3.05, 3.63) is 0 Å². The molecular formula is C76H148O17P2. The minimum absolute atomic E-state index is 0.106. The van der Waals surface area contributed by atoms with Gasteiger partial charge in [0.2, 0.25) is 0 Å². The number of hydrogen-bond acceptors (Lipinski definition) is 15. The summed E-state index contributed by atoms with van der Waals surface area (Å²) in [4.78, 5) is 72.8. The van der Waals surface area contributed by atoms with Gasteiger partial charge >= 0.3 is 39.5 Å². The van der Waals surface area contributed by atoms with E-state index in [2.05, 4.69) is 48.5 Å². The van der Waals surface area contributed by atoms with Gasteiger partial charge in [-0.25, -0.2) is 9.13 Å².